The second-order valence-corrected chi connectivity index (χ2v) is 11.4. The van der Waals surface area contributed by atoms with Gasteiger partial charge < -0.3 is 24.3 Å². The van der Waals surface area contributed by atoms with E-state index >= 15 is 0 Å². The Kier molecular flexibility index (Phi) is 11.1. The van der Waals surface area contributed by atoms with E-state index in [-0.39, 0.29) is 22.9 Å². The summed E-state index contributed by atoms with van der Waals surface area (Å²) in [6, 6.07) is 4.77. The molecule has 1 saturated heterocycles. The fourth-order valence-corrected chi connectivity index (χ4v) is 6.24. The second-order valence-electron chi connectivity index (χ2n) is 9.46. The van der Waals surface area contributed by atoms with Gasteiger partial charge in [0.1, 0.15) is 17.1 Å². The molecule has 39 heavy (non-hydrogen) atoms. The third-order valence-electron chi connectivity index (χ3n) is 6.69. The zero-order valence-corrected chi connectivity index (χ0v) is 24.7. The summed E-state index contributed by atoms with van der Waals surface area (Å²) in [5.74, 6) is 0.767. The van der Waals surface area contributed by atoms with Crippen molar-refractivity contribution >= 4 is 21.1 Å². The van der Waals surface area contributed by atoms with Crippen molar-refractivity contribution in [3.8, 4) is 17.1 Å². The SMILES string of the molecule is CC.CCCOc1ccc(S(=O)(=O)N2CCN(CCCO)CC2)cc1-c1nc2c(CCC)cn(C)c2c(=O)[nH]1. The molecule has 0 spiro atoms. The highest BCUT2D eigenvalue weighted by Gasteiger charge is 2.29. The molecule has 1 aliphatic rings. The van der Waals surface area contributed by atoms with Crippen LogP contribution in [0.25, 0.3) is 22.4 Å². The third-order valence-corrected chi connectivity index (χ3v) is 8.58. The van der Waals surface area contributed by atoms with Crippen LogP contribution in [0.4, 0.5) is 0 Å². The summed E-state index contributed by atoms with van der Waals surface area (Å²) in [4.78, 5) is 23.0. The first kappa shape index (κ1) is 30.8. The van der Waals surface area contributed by atoms with E-state index in [0.29, 0.717) is 61.6 Å². The molecule has 10 nitrogen and oxygen atoms in total. The van der Waals surface area contributed by atoms with Gasteiger partial charge in [-0.15, -0.1) is 0 Å². The molecule has 0 unspecified atom stereocenters. The van der Waals surface area contributed by atoms with Gasteiger partial charge in [0.2, 0.25) is 10.0 Å². The summed E-state index contributed by atoms with van der Waals surface area (Å²) < 4.78 is 36.4. The molecule has 0 saturated carbocycles. The predicted molar refractivity (Wildman–Crippen MR) is 155 cm³/mol. The van der Waals surface area contributed by atoms with Gasteiger partial charge in [0.25, 0.3) is 5.56 Å². The van der Waals surface area contributed by atoms with E-state index in [1.54, 1.807) is 22.8 Å². The zero-order valence-electron chi connectivity index (χ0n) is 23.9. The maximum absolute atomic E-state index is 13.6. The topological polar surface area (TPSA) is 121 Å². The van der Waals surface area contributed by atoms with E-state index in [1.807, 2.05) is 34.0 Å². The van der Waals surface area contributed by atoms with E-state index in [1.165, 1.54) is 4.31 Å². The summed E-state index contributed by atoms with van der Waals surface area (Å²) in [6.45, 7) is 11.4. The molecule has 2 aromatic heterocycles. The van der Waals surface area contributed by atoms with Gasteiger partial charge in [-0.3, -0.25) is 4.79 Å². The summed E-state index contributed by atoms with van der Waals surface area (Å²) >= 11 is 0. The fraction of sp³-hybridized carbons (Fsp3) is 0.571. The highest BCUT2D eigenvalue weighted by Crippen LogP contribution is 2.32. The zero-order chi connectivity index (χ0) is 28.6. The van der Waals surface area contributed by atoms with Crippen LogP contribution >= 0.6 is 0 Å². The number of fused-ring (bicyclic) bond motifs is 1. The van der Waals surface area contributed by atoms with Gasteiger partial charge in [0.05, 0.1) is 22.6 Å². The van der Waals surface area contributed by atoms with Crippen molar-refractivity contribution in [3.63, 3.8) is 0 Å². The molecular formula is C28H43N5O5S. The number of aromatic amines is 1. The third kappa shape index (κ3) is 6.89. The first-order chi connectivity index (χ1) is 18.8. The smallest absolute Gasteiger partial charge is 0.275 e. The molecule has 3 aromatic rings. The van der Waals surface area contributed by atoms with Gasteiger partial charge in [0.15, 0.2) is 0 Å². The minimum Gasteiger partial charge on any atom is -0.493 e. The largest absolute Gasteiger partial charge is 0.493 e. The molecule has 4 rings (SSSR count). The number of aliphatic hydroxyl groups is 1. The van der Waals surface area contributed by atoms with Crippen LogP contribution in [0.3, 0.4) is 0 Å². The normalized spacial score (nSPS) is 14.8. The molecule has 11 heteroatoms. The van der Waals surface area contributed by atoms with Crippen LogP contribution in [0.2, 0.25) is 0 Å². The van der Waals surface area contributed by atoms with Gasteiger partial charge in [0, 0.05) is 52.6 Å². The number of piperazine rings is 1. The fourth-order valence-electron chi connectivity index (χ4n) is 4.79. The molecule has 2 N–H and O–H groups in total. The van der Waals surface area contributed by atoms with Gasteiger partial charge in [-0.2, -0.15) is 4.31 Å². The van der Waals surface area contributed by atoms with E-state index in [0.717, 1.165) is 31.4 Å². The maximum Gasteiger partial charge on any atom is 0.275 e. The molecule has 0 amide bonds. The molecular weight excluding hydrogens is 518 g/mol. The van der Waals surface area contributed by atoms with Crippen LogP contribution < -0.4 is 10.3 Å². The average molecular weight is 562 g/mol. The number of aliphatic hydroxyl groups excluding tert-OH is 1. The van der Waals surface area contributed by atoms with Crippen molar-refractivity contribution in [1.82, 2.24) is 23.7 Å². The lowest BCUT2D eigenvalue weighted by Crippen LogP contribution is -2.48. The molecule has 1 fully saturated rings. The molecule has 1 aliphatic heterocycles. The highest BCUT2D eigenvalue weighted by atomic mass is 32.2. The van der Waals surface area contributed by atoms with Crippen LogP contribution in [-0.2, 0) is 23.5 Å². The van der Waals surface area contributed by atoms with Gasteiger partial charge in [-0.25, -0.2) is 13.4 Å². The number of sulfonamides is 1. The van der Waals surface area contributed by atoms with Crippen LogP contribution in [-0.4, -0.2) is 83.2 Å². The van der Waals surface area contributed by atoms with Crippen molar-refractivity contribution < 1.29 is 18.3 Å². The number of ether oxygens (including phenoxy) is 1. The minimum atomic E-state index is -3.76. The number of aryl methyl sites for hydroxylation is 2. The number of H-pyrrole nitrogens is 1. The molecule has 0 bridgehead atoms. The van der Waals surface area contributed by atoms with Crippen molar-refractivity contribution in [3.05, 3.63) is 40.3 Å². The molecule has 0 radical (unpaired) electrons. The maximum atomic E-state index is 13.6. The van der Waals surface area contributed by atoms with E-state index in [9.17, 15) is 13.2 Å². The Hall–Kier alpha value is -2.73. The second kappa shape index (κ2) is 14.1. The Labute approximate surface area is 231 Å². The highest BCUT2D eigenvalue weighted by molar-refractivity contribution is 7.89. The number of rotatable bonds is 11. The number of nitrogens with zero attached hydrogens (tertiary/aromatic N) is 4. The van der Waals surface area contributed by atoms with E-state index < -0.39 is 10.0 Å². The predicted octanol–water partition coefficient (Wildman–Crippen LogP) is 3.38. The standard InChI is InChI=1S/C26H37N5O5S.C2H6/c1-4-7-19-18-29(3)24-23(19)27-25(28-26(24)33)21-17-20(8-9-22(21)36-16-5-2)37(34,35)31-13-11-30(12-14-31)10-6-15-32;1-2/h8-9,17-18,32H,4-7,10-16H2,1-3H3,(H,27,28,33);1-2H3. The molecule has 0 aliphatic carbocycles. The van der Waals surface area contributed by atoms with Crippen LogP contribution in [0.1, 0.15) is 52.5 Å². The Bertz CT molecular complexity index is 1390. The monoisotopic (exact) mass is 561 g/mol. The molecule has 0 atom stereocenters. The first-order valence-electron chi connectivity index (χ1n) is 14.0. The Balaban J connectivity index is 0.00000205. The van der Waals surface area contributed by atoms with E-state index in [4.69, 9.17) is 14.8 Å². The lowest BCUT2D eigenvalue weighted by Gasteiger charge is -2.33. The Morgan fingerprint density at radius 1 is 1.10 bits per heavy atom. The average Bonchev–Trinajstić information content (AvgIpc) is 3.27. The van der Waals surface area contributed by atoms with Crippen molar-refractivity contribution in [2.75, 3.05) is 45.9 Å². The lowest BCUT2D eigenvalue weighted by molar-refractivity contribution is 0.171. The molecule has 3 heterocycles. The first-order valence-corrected chi connectivity index (χ1v) is 15.4. The van der Waals surface area contributed by atoms with Crippen molar-refractivity contribution in [2.45, 2.75) is 58.3 Å². The van der Waals surface area contributed by atoms with Crippen molar-refractivity contribution in [1.29, 1.82) is 0 Å². The van der Waals surface area contributed by atoms with Crippen molar-refractivity contribution in [2.24, 2.45) is 7.05 Å². The number of hydrogen-bond acceptors (Lipinski definition) is 7. The summed E-state index contributed by atoms with van der Waals surface area (Å²) in [5, 5.41) is 9.07. The van der Waals surface area contributed by atoms with Gasteiger partial charge in [-0.1, -0.05) is 34.1 Å². The summed E-state index contributed by atoms with van der Waals surface area (Å²) in [5.41, 5.74) is 2.26. The summed E-state index contributed by atoms with van der Waals surface area (Å²) in [7, 11) is -1.94. The Morgan fingerprint density at radius 3 is 2.46 bits per heavy atom. The number of aromatic nitrogens is 3. The Morgan fingerprint density at radius 2 is 1.82 bits per heavy atom. The van der Waals surface area contributed by atoms with Gasteiger partial charge >= 0.3 is 0 Å². The number of hydrogen-bond donors (Lipinski definition) is 2. The van der Waals surface area contributed by atoms with Crippen LogP contribution in [0.15, 0.2) is 34.1 Å². The lowest BCUT2D eigenvalue weighted by atomic mass is 10.1. The van der Waals surface area contributed by atoms with Crippen LogP contribution in [0.5, 0.6) is 5.75 Å². The van der Waals surface area contributed by atoms with Gasteiger partial charge in [-0.05, 0) is 43.0 Å². The molecule has 216 valence electrons. The summed E-state index contributed by atoms with van der Waals surface area (Å²) in [6.07, 6.45) is 5.07. The minimum absolute atomic E-state index is 0.124. The quantitative estimate of drug-likeness (QED) is 0.368. The van der Waals surface area contributed by atoms with E-state index in [2.05, 4.69) is 16.8 Å². The van der Waals surface area contributed by atoms with Crippen LogP contribution in [0, 0.1) is 0 Å². The molecule has 1 aromatic carbocycles. The number of benzene rings is 1. The number of nitrogens with one attached hydrogen (secondary N) is 1.